The topological polar surface area (TPSA) is 46.3 Å². The maximum atomic E-state index is 13.4. The number of benzene rings is 1. The minimum Gasteiger partial charge on any atom is -0.343 e. The van der Waals surface area contributed by atoms with Crippen molar-refractivity contribution in [2.45, 2.75) is 39.2 Å². The number of rotatable bonds is 5. The lowest BCUT2D eigenvalue weighted by Gasteiger charge is -2.47. The van der Waals surface area contributed by atoms with E-state index >= 15 is 0 Å². The van der Waals surface area contributed by atoms with E-state index in [1.807, 2.05) is 13.8 Å². The summed E-state index contributed by atoms with van der Waals surface area (Å²) in [5.74, 6) is -1.80. The lowest BCUT2D eigenvalue weighted by atomic mass is 9.61. The molecule has 1 saturated carbocycles. The molecule has 0 bridgehead atoms. The van der Waals surface area contributed by atoms with Crippen LogP contribution in [0.15, 0.2) is 18.2 Å². The van der Waals surface area contributed by atoms with Gasteiger partial charge in [0.05, 0.1) is 5.41 Å². The molecular weight excluding hydrogens is 274 g/mol. The van der Waals surface area contributed by atoms with Gasteiger partial charge in [-0.1, -0.05) is 12.5 Å². The van der Waals surface area contributed by atoms with Crippen LogP contribution in [0.4, 0.5) is 8.78 Å². The van der Waals surface area contributed by atoms with Gasteiger partial charge in [-0.05, 0) is 44.4 Å². The Morgan fingerprint density at radius 3 is 2.33 bits per heavy atom. The third-order valence-electron chi connectivity index (χ3n) is 4.62. The predicted octanol–water partition coefficient (Wildman–Crippen LogP) is 3.00. The van der Waals surface area contributed by atoms with Crippen molar-refractivity contribution < 1.29 is 13.6 Å². The molecule has 2 rings (SSSR count). The van der Waals surface area contributed by atoms with Crippen LogP contribution in [-0.4, -0.2) is 23.9 Å². The Morgan fingerprint density at radius 2 is 1.90 bits per heavy atom. The van der Waals surface area contributed by atoms with Crippen LogP contribution in [0, 0.1) is 17.0 Å². The maximum Gasteiger partial charge on any atom is 0.230 e. The van der Waals surface area contributed by atoms with E-state index in [1.54, 1.807) is 4.90 Å². The zero-order valence-corrected chi connectivity index (χ0v) is 12.5. The molecule has 116 valence electrons. The maximum absolute atomic E-state index is 13.4. The third-order valence-corrected chi connectivity index (χ3v) is 4.62. The highest BCUT2D eigenvalue weighted by Gasteiger charge is 2.50. The number of halogens is 2. The molecular formula is C16H22F2N2O. The summed E-state index contributed by atoms with van der Waals surface area (Å²) in [6.45, 7) is 5.11. The Labute approximate surface area is 124 Å². The molecule has 1 aliphatic rings. The molecule has 1 atom stereocenters. The molecule has 1 aromatic carbocycles. The second kappa shape index (κ2) is 6.10. The lowest BCUT2D eigenvalue weighted by molar-refractivity contribution is -0.149. The summed E-state index contributed by atoms with van der Waals surface area (Å²) in [6.07, 6.45) is 2.33. The smallest absolute Gasteiger partial charge is 0.230 e. The van der Waals surface area contributed by atoms with Gasteiger partial charge >= 0.3 is 0 Å². The number of carbonyl (C=O) groups excluding carboxylic acids is 1. The van der Waals surface area contributed by atoms with E-state index in [0.717, 1.165) is 18.6 Å². The van der Waals surface area contributed by atoms with E-state index < -0.39 is 23.1 Å². The fraction of sp³-hybridized carbons (Fsp3) is 0.562. The number of hydrogen-bond donors (Lipinski definition) is 1. The van der Waals surface area contributed by atoms with E-state index in [-0.39, 0.29) is 5.91 Å². The highest BCUT2D eigenvalue weighted by atomic mass is 19.2. The summed E-state index contributed by atoms with van der Waals surface area (Å²) in [6, 6.07) is 3.04. The van der Waals surface area contributed by atoms with Crippen molar-refractivity contribution in [3.63, 3.8) is 0 Å². The van der Waals surface area contributed by atoms with Crippen LogP contribution < -0.4 is 5.73 Å². The molecule has 1 fully saturated rings. The van der Waals surface area contributed by atoms with E-state index in [2.05, 4.69) is 0 Å². The minimum atomic E-state index is -0.923. The molecule has 1 unspecified atom stereocenters. The molecule has 5 heteroatoms. The molecule has 1 aliphatic carbocycles. The van der Waals surface area contributed by atoms with Gasteiger partial charge in [0.2, 0.25) is 5.91 Å². The first-order valence-electron chi connectivity index (χ1n) is 7.46. The van der Waals surface area contributed by atoms with Crippen LogP contribution in [0.25, 0.3) is 0 Å². The Morgan fingerprint density at radius 1 is 1.29 bits per heavy atom. The number of nitrogens with two attached hydrogens (primary N) is 1. The van der Waals surface area contributed by atoms with Crippen LogP contribution in [0.2, 0.25) is 0 Å². The first-order chi connectivity index (χ1) is 9.96. The quantitative estimate of drug-likeness (QED) is 0.908. The number of hydrogen-bond acceptors (Lipinski definition) is 2. The van der Waals surface area contributed by atoms with Crippen LogP contribution in [0.3, 0.4) is 0 Å². The van der Waals surface area contributed by atoms with Crippen molar-refractivity contribution in [2.75, 3.05) is 13.1 Å². The molecule has 1 aromatic rings. The SMILES string of the molecule is CCN(CC)C(=O)C1(C(N)c2ccc(F)c(F)c2)CCC1. The summed E-state index contributed by atoms with van der Waals surface area (Å²) in [5, 5.41) is 0. The molecule has 0 heterocycles. The third kappa shape index (κ3) is 2.67. The molecule has 0 spiro atoms. The minimum absolute atomic E-state index is 0.0241. The Bertz CT molecular complexity index is 525. The van der Waals surface area contributed by atoms with Gasteiger partial charge in [-0.2, -0.15) is 0 Å². The lowest BCUT2D eigenvalue weighted by Crippen LogP contribution is -2.53. The molecule has 1 amide bonds. The van der Waals surface area contributed by atoms with Gasteiger partial charge in [-0.15, -0.1) is 0 Å². The van der Waals surface area contributed by atoms with Gasteiger partial charge in [-0.25, -0.2) is 8.78 Å². The summed E-state index contributed by atoms with van der Waals surface area (Å²) in [7, 11) is 0. The monoisotopic (exact) mass is 296 g/mol. The molecule has 0 radical (unpaired) electrons. The van der Waals surface area contributed by atoms with E-state index in [4.69, 9.17) is 5.73 Å². The van der Waals surface area contributed by atoms with Crippen molar-refractivity contribution in [1.29, 1.82) is 0 Å². The van der Waals surface area contributed by atoms with Crippen molar-refractivity contribution >= 4 is 5.91 Å². The van der Waals surface area contributed by atoms with Gasteiger partial charge < -0.3 is 10.6 Å². The Kier molecular flexibility index (Phi) is 4.61. The molecule has 21 heavy (non-hydrogen) atoms. The zero-order chi connectivity index (χ0) is 15.6. The summed E-state index contributed by atoms with van der Waals surface area (Å²) in [4.78, 5) is 14.5. The highest BCUT2D eigenvalue weighted by Crippen LogP contribution is 2.50. The van der Waals surface area contributed by atoms with Gasteiger partial charge in [0, 0.05) is 19.1 Å². The first kappa shape index (κ1) is 15.9. The number of amides is 1. The fourth-order valence-corrected chi connectivity index (χ4v) is 3.07. The number of carbonyl (C=O) groups is 1. The molecule has 2 N–H and O–H groups in total. The van der Waals surface area contributed by atoms with E-state index in [9.17, 15) is 13.6 Å². The average Bonchev–Trinajstić information content (AvgIpc) is 2.42. The van der Waals surface area contributed by atoms with Crippen molar-refractivity contribution in [2.24, 2.45) is 11.1 Å². The highest BCUT2D eigenvalue weighted by molar-refractivity contribution is 5.84. The fourth-order valence-electron chi connectivity index (χ4n) is 3.07. The van der Waals surface area contributed by atoms with Gasteiger partial charge in [-0.3, -0.25) is 4.79 Å². The van der Waals surface area contributed by atoms with Gasteiger partial charge in [0.25, 0.3) is 0 Å². The van der Waals surface area contributed by atoms with Crippen LogP contribution >= 0.6 is 0 Å². The molecule has 3 nitrogen and oxygen atoms in total. The Hall–Kier alpha value is -1.49. The average molecular weight is 296 g/mol. The van der Waals surface area contributed by atoms with Crippen LogP contribution in [0.1, 0.15) is 44.7 Å². The van der Waals surface area contributed by atoms with E-state index in [0.29, 0.717) is 31.5 Å². The summed E-state index contributed by atoms with van der Waals surface area (Å²) in [5.41, 5.74) is 6.08. The molecule has 0 aliphatic heterocycles. The second-order valence-electron chi connectivity index (χ2n) is 5.64. The normalized spacial score (nSPS) is 18.0. The first-order valence-corrected chi connectivity index (χ1v) is 7.46. The van der Waals surface area contributed by atoms with Gasteiger partial charge in [0.1, 0.15) is 0 Å². The zero-order valence-electron chi connectivity index (χ0n) is 12.5. The largest absolute Gasteiger partial charge is 0.343 e. The molecule has 0 saturated heterocycles. The van der Waals surface area contributed by atoms with Crippen molar-refractivity contribution in [1.82, 2.24) is 4.90 Å². The van der Waals surface area contributed by atoms with Crippen LogP contribution in [-0.2, 0) is 4.79 Å². The number of nitrogens with zero attached hydrogens (tertiary/aromatic N) is 1. The predicted molar refractivity (Wildman–Crippen MR) is 77.5 cm³/mol. The standard InChI is InChI=1S/C16H22F2N2O/c1-3-20(4-2)15(21)16(8-5-9-16)14(19)11-6-7-12(17)13(18)10-11/h6-7,10,14H,3-5,8-9,19H2,1-2H3. The second-order valence-corrected chi connectivity index (χ2v) is 5.64. The summed E-state index contributed by atoms with van der Waals surface area (Å²) < 4.78 is 26.5. The van der Waals surface area contributed by atoms with Crippen molar-refractivity contribution in [3.8, 4) is 0 Å². The summed E-state index contributed by atoms with van der Waals surface area (Å²) >= 11 is 0. The van der Waals surface area contributed by atoms with Crippen LogP contribution in [0.5, 0.6) is 0 Å². The van der Waals surface area contributed by atoms with Crippen molar-refractivity contribution in [3.05, 3.63) is 35.4 Å². The Balaban J connectivity index is 2.31. The van der Waals surface area contributed by atoms with Gasteiger partial charge in [0.15, 0.2) is 11.6 Å². The van der Waals surface area contributed by atoms with E-state index in [1.165, 1.54) is 6.07 Å². The molecule has 0 aromatic heterocycles.